The highest BCUT2D eigenvalue weighted by Gasteiger charge is 2.46. The van der Waals surface area contributed by atoms with Crippen LogP contribution >= 0.6 is 46.4 Å². The monoisotopic (exact) mass is 1340 g/mol. The Hall–Kier alpha value is -6.11. The number of likely N-dealkylation sites (tertiary alicyclic amines) is 1. The Morgan fingerprint density at radius 3 is 1.27 bits per heavy atom. The SMILES string of the molecule is CC(=O)N(C)C1CCN(c2cc(Cl)cc3[nH]ncc23)CC1(C)C.CC(=O)N1CCC2(CC1)CN(c1cc(Cl)cc3[nH]ncc13)C2.CN(C1CCN(c2cc(Cl)cc3[nH]ncc23)CC1(C)C)S(C)(=O)=O.Clc1cc(N2CCC(N3CCOCC3)CC2)c2cn[nH]c2c1. The van der Waals surface area contributed by atoms with Gasteiger partial charge in [-0.05, 0) is 92.5 Å². The Balaban J connectivity index is 0.000000125. The number of carbonyl (C=O) groups excluding carboxylic acids is 2. The van der Waals surface area contributed by atoms with Crippen molar-refractivity contribution in [2.75, 3.05) is 132 Å². The lowest BCUT2D eigenvalue weighted by Gasteiger charge is -2.55. The van der Waals surface area contributed by atoms with Gasteiger partial charge in [0.25, 0.3) is 0 Å². The van der Waals surface area contributed by atoms with Crippen molar-refractivity contribution in [2.24, 2.45) is 16.2 Å². The van der Waals surface area contributed by atoms with Crippen LogP contribution in [0.25, 0.3) is 43.6 Å². The van der Waals surface area contributed by atoms with Crippen LogP contribution < -0.4 is 19.6 Å². The van der Waals surface area contributed by atoms with Gasteiger partial charge in [0, 0.05) is 200 Å². The Morgan fingerprint density at radius 2 is 0.901 bits per heavy atom. The normalized spacial score (nSPS) is 21.1. The molecule has 0 bridgehead atoms. The van der Waals surface area contributed by atoms with Crippen molar-refractivity contribution in [3.63, 3.8) is 0 Å². The number of anilines is 4. The molecule has 4 aromatic carbocycles. The minimum atomic E-state index is -3.21. The van der Waals surface area contributed by atoms with E-state index in [1.807, 2.05) is 84.1 Å². The highest BCUT2D eigenvalue weighted by molar-refractivity contribution is 7.88. The molecule has 6 aliphatic heterocycles. The van der Waals surface area contributed by atoms with Gasteiger partial charge in [-0.25, -0.2) is 12.7 Å². The number of H-pyrrole nitrogens is 4. The van der Waals surface area contributed by atoms with Crippen molar-refractivity contribution < 1.29 is 22.7 Å². The van der Waals surface area contributed by atoms with Gasteiger partial charge >= 0.3 is 0 Å². The number of hydrogen-bond acceptors (Lipinski definition) is 14. The number of sulfonamides is 1. The lowest BCUT2D eigenvalue weighted by atomic mass is 9.71. The zero-order valence-electron chi connectivity index (χ0n) is 53.6. The maximum atomic E-state index is 11.9. The van der Waals surface area contributed by atoms with Crippen LogP contribution in [0.4, 0.5) is 22.7 Å². The Bertz CT molecular complexity index is 3990. The summed E-state index contributed by atoms with van der Waals surface area (Å²) >= 11 is 25.0. The fourth-order valence-electron chi connectivity index (χ4n) is 14.9. The molecule has 2 atom stereocenters. The van der Waals surface area contributed by atoms with Gasteiger partial charge in [0.15, 0.2) is 0 Å². The van der Waals surface area contributed by atoms with Gasteiger partial charge in [-0.2, -0.15) is 20.4 Å². The number of piperidine rings is 4. The number of rotatable bonds is 8. The highest BCUT2D eigenvalue weighted by Crippen LogP contribution is 2.46. The number of nitrogens with zero attached hydrogens (tertiary/aromatic N) is 12. The van der Waals surface area contributed by atoms with Crippen molar-refractivity contribution in [1.82, 2.24) is 59.8 Å². The van der Waals surface area contributed by atoms with E-state index in [-0.39, 0.29) is 34.7 Å². The number of halogens is 4. The van der Waals surface area contributed by atoms with E-state index in [0.29, 0.717) is 21.5 Å². The zero-order valence-corrected chi connectivity index (χ0v) is 57.5. The van der Waals surface area contributed by atoms with Crippen molar-refractivity contribution in [3.8, 4) is 0 Å². The van der Waals surface area contributed by atoms with Crippen molar-refractivity contribution in [1.29, 1.82) is 0 Å². The molecule has 6 aliphatic rings. The second-order valence-corrected chi connectivity index (χ2v) is 30.9. The third kappa shape index (κ3) is 14.7. The largest absolute Gasteiger partial charge is 0.379 e. The maximum absolute atomic E-state index is 11.9. The fourth-order valence-corrected chi connectivity index (χ4v) is 16.6. The van der Waals surface area contributed by atoms with Crippen LogP contribution in [-0.2, 0) is 24.3 Å². The van der Waals surface area contributed by atoms with Gasteiger partial charge in [0.05, 0.1) is 66.3 Å². The van der Waals surface area contributed by atoms with Gasteiger partial charge in [-0.3, -0.25) is 34.9 Å². The molecule has 26 heteroatoms. The Kier molecular flexibility index (Phi) is 19.7. The van der Waals surface area contributed by atoms with Crippen LogP contribution in [0.3, 0.4) is 0 Å². The van der Waals surface area contributed by atoms with Crippen LogP contribution in [0.2, 0.25) is 20.1 Å². The summed E-state index contributed by atoms with van der Waals surface area (Å²) in [5.41, 5.74) is 8.55. The number of nitrogens with one attached hydrogen (secondary N) is 4. The molecule has 14 rings (SSSR count). The Morgan fingerprint density at radius 1 is 0.527 bits per heavy atom. The van der Waals surface area contributed by atoms with Gasteiger partial charge in [0.1, 0.15) is 0 Å². The Labute approximate surface area is 553 Å². The third-order valence-corrected chi connectivity index (χ3v) is 22.2. The van der Waals surface area contributed by atoms with E-state index in [0.717, 1.165) is 188 Å². The molecule has 2 unspecified atom stereocenters. The third-order valence-electron chi connectivity index (χ3n) is 20.0. The van der Waals surface area contributed by atoms with Crippen LogP contribution in [0.15, 0.2) is 73.3 Å². The second kappa shape index (κ2) is 27.1. The summed E-state index contributed by atoms with van der Waals surface area (Å²) in [5, 5.41) is 35.8. The summed E-state index contributed by atoms with van der Waals surface area (Å²) in [7, 11) is 0.363. The number of hydrogen-bond donors (Lipinski definition) is 4. The van der Waals surface area contributed by atoms with Gasteiger partial charge in [-0.15, -0.1) is 0 Å². The molecule has 21 nitrogen and oxygen atoms in total. The molecule has 0 saturated carbocycles. The van der Waals surface area contributed by atoms with Crippen molar-refractivity contribution >= 4 is 135 Å². The molecule has 490 valence electrons. The van der Waals surface area contributed by atoms with E-state index in [1.54, 1.807) is 20.9 Å². The van der Waals surface area contributed by atoms with Crippen LogP contribution in [0, 0.1) is 16.2 Å². The summed E-state index contributed by atoms with van der Waals surface area (Å²) in [4.78, 5) is 39.1. The minimum absolute atomic E-state index is 0.00293. The molecule has 6 saturated heterocycles. The summed E-state index contributed by atoms with van der Waals surface area (Å²) in [6.07, 6.45) is 15.0. The molecule has 10 heterocycles. The number of morpholine rings is 1. The van der Waals surface area contributed by atoms with Gasteiger partial charge < -0.3 is 34.1 Å². The van der Waals surface area contributed by atoms with E-state index in [4.69, 9.17) is 51.1 Å². The van der Waals surface area contributed by atoms with Crippen LogP contribution in [0.5, 0.6) is 0 Å². The highest BCUT2D eigenvalue weighted by atomic mass is 35.5. The zero-order chi connectivity index (χ0) is 64.7. The summed E-state index contributed by atoms with van der Waals surface area (Å²) in [6.45, 7) is 25.2. The predicted octanol–water partition coefficient (Wildman–Crippen LogP) is 11.2. The molecular weight excluding hydrogens is 1260 g/mol. The molecule has 0 radical (unpaired) electrons. The first-order valence-corrected chi connectivity index (χ1v) is 34.9. The lowest BCUT2D eigenvalue weighted by molar-refractivity contribution is -0.132. The molecule has 8 aromatic rings. The van der Waals surface area contributed by atoms with E-state index in [2.05, 4.69) is 99.1 Å². The maximum Gasteiger partial charge on any atom is 0.219 e. The molecule has 1 spiro atoms. The summed E-state index contributed by atoms with van der Waals surface area (Å²) in [6, 6.07) is 16.6. The smallest absolute Gasteiger partial charge is 0.219 e. The minimum Gasteiger partial charge on any atom is -0.379 e. The number of amides is 2. The number of ether oxygens (including phenoxy) is 1. The van der Waals surface area contributed by atoms with Gasteiger partial charge in [-0.1, -0.05) is 74.1 Å². The molecule has 91 heavy (non-hydrogen) atoms. The molecule has 4 aromatic heterocycles. The lowest BCUT2D eigenvalue weighted by Crippen LogP contribution is -2.60. The number of benzene rings is 4. The van der Waals surface area contributed by atoms with Gasteiger partial charge in [0.2, 0.25) is 21.8 Å². The molecule has 6 fully saturated rings. The topological polar surface area (TPSA) is 218 Å². The number of aromatic nitrogens is 8. The first-order valence-electron chi connectivity index (χ1n) is 31.5. The van der Waals surface area contributed by atoms with E-state index < -0.39 is 10.0 Å². The first kappa shape index (κ1) is 66.3. The van der Waals surface area contributed by atoms with Crippen LogP contribution in [0.1, 0.15) is 80.1 Å². The second-order valence-electron chi connectivity index (χ2n) is 27.1. The number of carbonyl (C=O) groups is 2. The average molecular weight is 1350 g/mol. The predicted molar refractivity (Wildman–Crippen MR) is 368 cm³/mol. The first-order chi connectivity index (χ1) is 43.3. The fraction of sp³-hybridized carbons (Fsp3) is 0.538. The number of fused-ring (bicyclic) bond motifs is 4. The summed E-state index contributed by atoms with van der Waals surface area (Å²) < 4.78 is 30.8. The molecule has 2 amide bonds. The molecule has 4 N–H and O–H groups in total. The standard InChI is InChI=1S/C17H23ClN4O.C16H23ClN4O2S.C16H19ClN4O.C16H21ClN4O/c1-11(23)21(4)16-5-6-22(10-17(16,2)3)15-8-12(18)7-14-13(15)9-19-20-14;1-16(2)10-21(6-5-15(16)20(3)24(4,22)23)14-8-11(17)7-13-12(14)9-18-19-13;1-11(22)20-4-2-16(3-5-20)9-21(10-16)15-7-12(17)6-14-13(15)8-18-19-14;17-12-9-15-14(11-18-19-15)16(10-12)21-3-1-13(2-4-21)20-5-7-22-8-6-20/h7-9,16H,5-6,10H2,1-4H3,(H,19,20);7-9,15H,5-6,10H2,1-4H3,(H,18,19);6-8H,2-5,9-10H2,1H3,(H,18,19);9-11,13H,1-8H2,(H,18,19). The quantitative estimate of drug-likeness (QED) is 0.111. The van der Waals surface area contributed by atoms with Crippen molar-refractivity contribution in [2.45, 2.75) is 98.2 Å². The number of aromatic amines is 4. The molecule has 0 aliphatic carbocycles. The van der Waals surface area contributed by atoms with Crippen LogP contribution in [-0.4, -0.2) is 210 Å². The van der Waals surface area contributed by atoms with E-state index in [1.165, 1.54) is 29.1 Å². The van der Waals surface area contributed by atoms with Crippen molar-refractivity contribution in [3.05, 3.63) is 93.4 Å². The van der Waals surface area contributed by atoms with E-state index >= 15 is 0 Å². The average Bonchev–Trinajstić information content (AvgIpc) is 1.78. The van der Waals surface area contributed by atoms with E-state index in [9.17, 15) is 18.0 Å². The summed E-state index contributed by atoms with van der Waals surface area (Å²) in [5.74, 6) is 0.317. The molecular formula is C65H86Cl4N16O5S.